The van der Waals surface area contributed by atoms with Crippen molar-refractivity contribution in [1.82, 2.24) is 9.97 Å². The first-order chi connectivity index (χ1) is 12.5. The monoisotopic (exact) mass is 353 g/mol. The van der Waals surface area contributed by atoms with E-state index < -0.39 is 5.97 Å². The molecule has 0 aliphatic heterocycles. The Morgan fingerprint density at radius 1 is 1.19 bits per heavy atom. The van der Waals surface area contributed by atoms with Crippen molar-refractivity contribution in [3.8, 4) is 5.75 Å². The number of rotatable bonds is 5. The average molecular weight is 353 g/mol. The highest BCUT2D eigenvalue weighted by Gasteiger charge is 2.05. The summed E-state index contributed by atoms with van der Waals surface area (Å²) in [4.78, 5) is 18.4. The van der Waals surface area contributed by atoms with E-state index in [2.05, 4.69) is 23.8 Å². The molecule has 0 bridgehead atoms. The average Bonchev–Trinajstić information content (AvgIpc) is 2.68. The minimum atomic E-state index is -1.03. The van der Waals surface area contributed by atoms with Gasteiger partial charge in [-0.05, 0) is 43.7 Å². The van der Waals surface area contributed by atoms with Crippen LogP contribution in [0.2, 0.25) is 0 Å². The predicted molar refractivity (Wildman–Crippen MR) is 101 cm³/mol. The number of para-hydroxylation sites is 1. The van der Waals surface area contributed by atoms with Crippen LogP contribution in [0.3, 0.4) is 0 Å². The molecule has 1 aromatic carbocycles. The van der Waals surface area contributed by atoms with Gasteiger partial charge in [-0.3, -0.25) is 0 Å². The number of aromatic nitrogens is 2. The molecule has 2 aromatic heterocycles. The number of pyridine rings is 2. The van der Waals surface area contributed by atoms with E-state index in [0.29, 0.717) is 12.2 Å². The fourth-order valence-corrected chi connectivity index (χ4v) is 2.16. The van der Waals surface area contributed by atoms with Gasteiger partial charge >= 0.3 is 5.97 Å². The van der Waals surface area contributed by atoms with Gasteiger partial charge in [-0.25, -0.2) is 14.8 Å². The van der Waals surface area contributed by atoms with Crippen LogP contribution in [-0.2, 0) is 6.54 Å². The van der Waals surface area contributed by atoms with Gasteiger partial charge in [0.1, 0.15) is 5.75 Å². The summed E-state index contributed by atoms with van der Waals surface area (Å²) < 4.78 is 5.71. The molecule has 26 heavy (non-hydrogen) atoms. The smallest absolute Gasteiger partial charge is 0.354 e. The molecule has 0 aliphatic rings. The highest BCUT2D eigenvalue weighted by molar-refractivity contribution is 5.88. The van der Waals surface area contributed by atoms with Gasteiger partial charge < -0.3 is 15.6 Å². The standard InChI is InChI=1S/C11H17NO.C9H6N2O2/c1-3-9(2)13-11-7-5-4-6-10(11)8-12;12-9(13)7-4-3-6-2-1-5-10-8(6)11-7/h4-7,9H,3,8,12H2,1-2H3;1-5H,(H,12,13). The third-order valence-corrected chi connectivity index (χ3v) is 3.78. The number of aromatic carboxylic acids is 1. The lowest BCUT2D eigenvalue weighted by Gasteiger charge is -2.15. The first-order valence-electron chi connectivity index (χ1n) is 8.44. The van der Waals surface area contributed by atoms with E-state index in [0.717, 1.165) is 23.1 Å². The lowest BCUT2D eigenvalue weighted by atomic mass is 10.2. The van der Waals surface area contributed by atoms with Crippen LogP contribution in [0, 0.1) is 0 Å². The van der Waals surface area contributed by atoms with Crippen LogP contribution in [-0.4, -0.2) is 27.1 Å². The van der Waals surface area contributed by atoms with Crippen LogP contribution in [0.15, 0.2) is 54.7 Å². The Balaban J connectivity index is 0.000000187. The molecule has 0 saturated carbocycles. The quantitative estimate of drug-likeness (QED) is 0.726. The molecule has 3 N–H and O–H groups in total. The van der Waals surface area contributed by atoms with E-state index in [4.69, 9.17) is 15.6 Å². The third-order valence-electron chi connectivity index (χ3n) is 3.78. The number of carboxylic acid groups (broad SMARTS) is 1. The molecule has 3 aromatic rings. The van der Waals surface area contributed by atoms with E-state index in [1.165, 1.54) is 6.07 Å². The Morgan fingerprint density at radius 3 is 2.65 bits per heavy atom. The molecule has 0 spiro atoms. The minimum Gasteiger partial charge on any atom is -0.490 e. The van der Waals surface area contributed by atoms with Crippen molar-refractivity contribution in [2.45, 2.75) is 32.9 Å². The van der Waals surface area contributed by atoms with Crippen molar-refractivity contribution in [1.29, 1.82) is 0 Å². The summed E-state index contributed by atoms with van der Waals surface area (Å²) in [5.74, 6) is -0.119. The Kier molecular flexibility index (Phi) is 7.05. The van der Waals surface area contributed by atoms with E-state index >= 15 is 0 Å². The number of carboxylic acids is 1. The van der Waals surface area contributed by atoms with Crippen molar-refractivity contribution in [3.63, 3.8) is 0 Å². The summed E-state index contributed by atoms with van der Waals surface area (Å²) in [6.07, 6.45) is 2.85. The van der Waals surface area contributed by atoms with Gasteiger partial charge in [-0.1, -0.05) is 25.1 Å². The number of ether oxygens (including phenoxy) is 1. The molecule has 0 fully saturated rings. The second kappa shape index (κ2) is 9.48. The van der Waals surface area contributed by atoms with Gasteiger partial charge in [0.05, 0.1) is 6.10 Å². The van der Waals surface area contributed by atoms with Crippen LogP contribution < -0.4 is 10.5 Å². The fourth-order valence-electron chi connectivity index (χ4n) is 2.16. The molecule has 0 radical (unpaired) electrons. The molecule has 0 aliphatic carbocycles. The largest absolute Gasteiger partial charge is 0.490 e. The summed E-state index contributed by atoms with van der Waals surface area (Å²) in [5.41, 5.74) is 7.14. The summed E-state index contributed by atoms with van der Waals surface area (Å²) in [7, 11) is 0. The normalized spacial score (nSPS) is 11.3. The first kappa shape index (κ1) is 19.3. The Hall–Kier alpha value is -2.99. The molecule has 2 heterocycles. The van der Waals surface area contributed by atoms with Crippen molar-refractivity contribution in [3.05, 3.63) is 66.0 Å². The number of carbonyl (C=O) groups is 1. The van der Waals surface area contributed by atoms with E-state index in [1.54, 1.807) is 18.3 Å². The van der Waals surface area contributed by atoms with Crippen LogP contribution >= 0.6 is 0 Å². The molecular formula is C20H23N3O3. The van der Waals surface area contributed by atoms with Crippen molar-refractivity contribution in [2.24, 2.45) is 5.73 Å². The number of hydrogen-bond donors (Lipinski definition) is 2. The topological polar surface area (TPSA) is 98.3 Å². The number of fused-ring (bicyclic) bond motifs is 1. The fraction of sp³-hybridized carbons (Fsp3) is 0.250. The molecular weight excluding hydrogens is 330 g/mol. The first-order valence-corrected chi connectivity index (χ1v) is 8.44. The van der Waals surface area contributed by atoms with Crippen LogP contribution in [0.4, 0.5) is 0 Å². The lowest BCUT2D eigenvalue weighted by molar-refractivity contribution is 0.0691. The second-order valence-corrected chi connectivity index (χ2v) is 5.70. The Bertz CT molecular complexity index is 868. The molecule has 3 rings (SSSR count). The predicted octanol–water partition coefficient (Wildman–Crippen LogP) is 3.65. The second-order valence-electron chi connectivity index (χ2n) is 5.70. The van der Waals surface area contributed by atoms with Crippen molar-refractivity contribution in [2.75, 3.05) is 0 Å². The lowest BCUT2D eigenvalue weighted by Crippen LogP contribution is -2.12. The number of hydrogen-bond acceptors (Lipinski definition) is 5. The summed E-state index contributed by atoms with van der Waals surface area (Å²) in [6, 6.07) is 14.7. The number of benzene rings is 1. The highest BCUT2D eigenvalue weighted by Crippen LogP contribution is 2.19. The van der Waals surface area contributed by atoms with Crippen LogP contribution in [0.5, 0.6) is 5.75 Å². The third kappa shape index (κ3) is 5.26. The molecule has 136 valence electrons. The number of nitrogens with zero attached hydrogens (tertiary/aromatic N) is 2. The van der Waals surface area contributed by atoms with Crippen LogP contribution in [0.25, 0.3) is 11.0 Å². The van der Waals surface area contributed by atoms with Gasteiger partial charge in [0, 0.05) is 23.7 Å². The maximum Gasteiger partial charge on any atom is 0.354 e. The van der Waals surface area contributed by atoms with E-state index in [1.807, 2.05) is 30.3 Å². The number of nitrogens with two attached hydrogens (primary N) is 1. The summed E-state index contributed by atoms with van der Waals surface area (Å²) in [5, 5.41) is 9.49. The summed E-state index contributed by atoms with van der Waals surface area (Å²) >= 11 is 0. The molecule has 0 saturated heterocycles. The zero-order valence-corrected chi connectivity index (χ0v) is 14.9. The van der Waals surface area contributed by atoms with Crippen molar-refractivity contribution >= 4 is 17.0 Å². The summed E-state index contributed by atoms with van der Waals surface area (Å²) in [6.45, 7) is 4.70. The molecule has 0 amide bonds. The zero-order valence-electron chi connectivity index (χ0n) is 14.9. The minimum absolute atomic E-state index is 0.0196. The molecule has 1 unspecified atom stereocenters. The molecule has 6 heteroatoms. The molecule has 6 nitrogen and oxygen atoms in total. The van der Waals surface area contributed by atoms with E-state index in [-0.39, 0.29) is 11.8 Å². The SMILES string of the molecule is CCC(C)Oc1ccccc1CN.O=C(O)c1ccc2cccnc2n1. The van der Waals surface area contributed by atoms with E-state index in [9.17, 15) is 4.79 Å². The Morgan fingerprint density at radius 2 is 1.96 bits per heavy atom. The van der Waals surface area contributed by atoms with Crippen molar-refractivity contribution < 1.29 is 14.6 Å². The van der Waals surface area contributed by atoms with Gasteiger partial charge in [-0.2, -0.15) is 0 Å². The van der Waals surface area contributed by atoms with Gasteiger partial charge in [0.15, 0.2) is 11.3 Å². The Labute approximate surface area is 152 Å². The van der Waals surface area contributed by atoms with Gasteiger partial charge in [0.25, 0.3) is 0 Å². The zero-order chi connectivity index (χ0) is 18.9. The maximum absolute atomic E-state index is 10.6. The maximum atomic E-state index is 10.6. The highest BCUT2D eigenvalue weighted by atomic mass is 16.5. The van der Waals surface area contributed by atoms with Gasteiger partial charge in [0.2, 0.25) is 0 Å². The molecule has 1 atom stereocenters. The van der Waals surface area contributed by atoms with Gasteiger partial charge in [-0.15, -0.1) is 0 Å². The van der Waals surface area contributed by atoms with Crippen LogP contribution in [0.1, 0.15) is 36.3 Å².